The predicted octanol–water partition coefficient (Wildman–Crippen LogP) is 3.41. The molecule has 0 spiro atoms. The number of anilines is 1. The zero-order valence-electron chi connectivity index (χ0n) is 12.3. The molecule has 2 N–H and O–H groups in total. The van der Waals surface area contributed by atoms with Crippen LogP contribution in [0.1, 0.15) is 24.5 Å². The number of carbonyl (C=O) groups excluding carboxylic acids is 1. The first-order chi connectivity index (χ1) is 10.2. The molecule has 110 valence electrons. The maximum Gasteiger partial charge on any atom is 0.137 e. The molecule has 0 saturated carbocycles. The maximum absolute atomic E-state index is 12.1. The Hall–Kier alpha value is -2.29. The Bertz CT molecular complexity index is 593. The number of benzene rings is 2. The highest BCUT2D eigenvalue weighted by Gasteiger charge is 2.08. The lowest BCUT2D eigenvalue weighted by Gasteiger charge is -2.08. The highest BCUT2D eigenvalue weighted by Crippen LogP contribution is 2.21. The van der Waals surface area contributed by atoms with Crippen molar-refractivity contribution in [3.05, 3.63) is 59.7 Å². The first-order valence-electron chi connectivity index (χ1n) is 7.26. The van der Waals surface area contributed by atoms with E-state index in [0.29, 0.717) is 25.1 Å². The minimum atomic E-state index is 0.203. The first kappa shape index (κ1) is 15.1. The average Bonchev–Trinajstić information content (AvgIpc) is 2.49. The number of hydrogen-bond acceptors (Lipinski definition) is 3. The summed E-state index contributed by atoms with van der Waals surface area (Å²) in [6, 6.07) is 15.6. The molecule has 0 radical (unpaired) electrons. The van der Waals surface area contributed by atoms with Crippen LogP contribution < -0.4 is 10.5 Å². The zero-order chi connectivity index (χ0) is 15.1. The van der Waals surface area contributed by atoms with Crippen molar-refractivity contribution in [1.82, 2.24) is 0 Å². The van der Waals surface area contributed by atoms with Crippen LogP contribution in [0.2, 0.25) is 0 Å². The van der Waals surface area contributed by atoms with Crippen molar-refractivity contribution in [3.63, 3.8) is 0 Å². The van der Waals surface area contributed by atoms with E-state index in [0.717, 1.165) is 17.7 Å². The highest BCUT2D eigenvalue weighted by molar-refractivity contribution is 5.82. The number of carbonyl (C=O) groups is 1. The number of ketones is 1. The van der Waals surface area contributed by atoms with E-state index in [4.69, 9.17) is 10.5 Å². The Labute approximate surface area is 125 Å². The molecule has 0 unspecified atom stereocenters. The van der Waals surface area contributed by atoms with Gasteiger partial charge >= 0.3 is 0 Å². The molecule has 0 fully saturated rings. The van der Waals surface area contributed by atoms with Gasteiger partial charge in [-0.15, -0.1) is 0 Å². The molecule has 0 bridgehead atoms. The topological polar surface area (TPSA) is 52.3 Å². The summed E-state index contributed by atoms with van der Waals surface area (Å²) >= 11 is 0. The zero-order valence-corrected chi connectivity index (χ0v) is 12.3. The fourth-order valence-electron chi connectivity index (χ4n) is 2.22. The van der Waals surface area contributed by atoms with E-state index in [-0.39, 0.29) is 5.78 Å². The van der Waals surface area contributed by atoms with E-state index in [1.165, 1.54) is 5.56 Å². The number of nitrogens with two attached hydrogens (primary N) is 1. The third kappa shape index (κ3) is 4.63. The molecule has 3 heteroatoms. The Balaban J connectivity index is 1.90. The second kappa shape index (κ2) is 7.48. The van der Waals surface area contributed by atoms with Gasteiger partial charge < -0.3 is 10.5 Å². The van der Waals surface area contributed by atoms with Gasteiger partial charge in [0.1, 0.15) is 11.5 Å². The van der Waals surface area contributed by atoms with Gasteiger partial charge in [0.05, 0.1) is 6.61 Å². The molecule has 2 aromatic carbocycles. The van der Waals surface area contributed by atoms with E-state index in [2.05, 4.69) is 0 Å². The second-order valence-electron chi connectivity index (χ2n) is 4.99. The lowest BCUT2D eigenvalue weighted by atomic mass is 10.0. The third-order valence-corrected chi connectivity index (χ3v) is 3.35. The smallest absolute Gasteiger partial charge is 0.137 e. The second-order valence-corrected chi connectivity index (χ2v) is 4.99. The lowest BCUT2D eigenvalue weighted by molar-refractivity contribution is -0.118. The molecule has 0 aliphatic heterocycles. The molecule has 2 rings (SSSR count). The molecular weight excluding hydrogens is 262 g/mol. The normalized spacial score (nSPS) is 10.3. The Morgan fingerprint density at radius 1 is 1.14 bits per heavy atom. The summed E-state index contributed by atoms with van der Waals surface area (Å²) in [5.41, 5.74) is 8.65. The van der Waals surface area contributed by atoms with Crippen LogP contribution in [0.5, 0.6) is 5.75 Å². The van der Waals surface area contributed by atoms with Crippen LogP contribution in [0.4, 0.5) is 5.69 Å². The van der Waals surface area contributed by atoms with E-state index in [1.807, 2.05) is 49.4 Å². The summed E-state index contributed by atoms with van der Waals surface area (Å²) in [6.45, 7) is 2.53. The number of rotatable bonds is 7. The minimum Gasteiger partial charge on any atom is -0.494 e. The van der Waals surface area contributed by atoms with E-state index < -0.39 is 0 Å². The van der Waals surface area contributed by atoms with Crippen molar-refractivity contribution in [3.8, 4) is 5.75 Å². The van der Waals surface area contributed by atoms with Crippen LogP contribution in [0, 0.1) is 0 Å². The summed E-state index contributed by atoms with van der Waals surface area (Å²) in [6.07, 6.45) is 1.69. The fourth-order valence-corrected chi connectivity index (χ4v) is 2.22. The monoisotopic (exact) mass is 283 g/mol. The molecule has 0 saturated heterocycles. The van der Waals surface area contributed by atoms with Crippen molar-refractivity contribution in [1.29, 1.82) is 0 Å². The number of nitrogen functional groups attached to an aromatic ring is 1. The molecule has 0 aliphatic rings. The quantitative estimate of drug-likeness (QED) is 0.792. The highest BCUT2D eigenvalue weighted by atomic mass is 16.5. The standard InChI is InChI=1S/C18H21NO2/c1-2-21-17-11-9-15(18(19)13-17)12-16(20)10-8-14-6-4-3-5-7-14/h3-7,9,11,13H,2,8,10,12,19H2,1H3. The Morgan fingerprint density at radius 3 is 2.57 bits per heavy atom. The van der Waals surface area contributed by atoms with Gasteiger partial charge in [0.2, 0.25) is 0 Å². The van der Waals surface area contributed by atoms with Crippen molar-refractivity contribution in [2.75, 3.05) is 12.3 Å². The molecule has 0 amide bonds. The van der Waals surface area contributed by atoms with Gasteiger partial charge in [0, 0.05) is 24.6 Å². The van der Waals surface area contributed by atoms with Crippen molar-refractivity contribution >= 4 is 11.5 Å². The van der Waals surface area contributed by atoms with Crippen LogP contribution in [0.3, 0.4) is 0 Å². The van der Waals surface area contributed by atoms with Gasteiger partial charge in [-0.2, -0.15) is 0 Å². The SMILES string of the molecule is CCOc1ccc(CC(=O)CCc2ccccc2)c(N)c1. The van der Waals surface area contributed by atoms with E-state index >= 15 is 0 Å². The van der Waals surface area contributed by atoms with Crippen molar-refractivity contribution < 1.29 is 9.53 Å². The van der Waals surface area contributed by atoms with Gasteiger partial charge in [-0.3, -0.25) is 4.79 Å². The van der Waals surface area contributed by atoms with Crippen LogP contribution in [0.15, 0.2) is 48.5 Å². The lowest BCUT2D eigenvalue weighted by Crippen LogP contribution is -2.07. The number of aryl methyl sites for hydroxylation is 1. The summed E-state index contributed by atoms with van der Waals surface area (Å²) in [4.78, 5) is 12.1. The van der Waals surface area contributed by atoms with Gasteiger partial charge in [-0.05, 0) is 30.5 Å². The third-order valence-electron chi connectivity index (χ3n) is 3.35. The molecule has 2 aromatic rings. The molecule has 0 atom stereocenters. The van der Waals surface area contributed by atoms with Crippen molar-refractivity contribution in [2.45, 2.75) is 26.2 Å². The Morgan fingerprint density at radius 2 is 1.90 bits per heavy atom. The summed E-state index contributed by atoms with van der Waals surface area (Å²) in [7, 11) is 0. The number of ether oxygens (including phenoxy) is 1. The van der Waals surface area contributed by atoms with Gasteiger partial charge in [0.25, 0.3) is 0 Å². The van der Waals surface area contributed by atoms with Gasteiger partial charge in [-0.1, -0.05) is 36.4 Å². The number of Topliss-reactive ketones (excluding diaryl/α,β-unsaturated/α-hetero) is 1. The molecule has 3 nitrogen and oxygen atoms in total. The van der Waals surface area contributed by atoms with Crippen LogP contribution >= 0.6 is 0 Å². The number of hydrogen-bond donors (Lipinski definition) is 1. The van der Waals surface area contributed by atoms with Gasteiger partial charge in [0.15, 0.2) is 0 Å². The molecule has 0 aliphatic carbocycles. The molecular formula is C18H21NO2. The molecule has 21 heavy (non-hydrogen) atoms. The summed E-state index contributed by atoms with van der Waals surface area (Å²) in [5, 5.41) is 0. The first-order valence-corrected chi connectivity index (χ1v) is 7.26. The minimum absolute atomic E-state index is 0.203. The van der Waals surface area contributed by atoms with Crippen LogP contribution in [-0.4, -0.2) is 12.4 Å². The summed E-state index contributed by atoms with van der Waals surface area (Å²) < 4.78 is 5.39. The Kier molecular flexibility index (Phi) is 5.38. The van der Waals surface area contributed by atoms with E-state index in [1.54, 1.807) is 6.07 Å². The molecule has 0 aromatic heterocycles. The van der Waals surface area contributed by atoms with Crippen LogP contribution in [-0.2, 0) is 17.6 Å². The van der Waals surface area contributed by atoms with E-state index in [9.17, 15) is 4.79 Å². The summed E-state index contributed by atoms with van der Waals surface area (Å²) in [5.74, 6) is 0.949. The average molecular weight is 283 g/mol. The van der Waals surface area contributed by atoms with Crippen LogP contribution in [0.25, 0.3) is 0 Å². The fraction of sp³-hybridized carbons (Fsp3) is 0.278. The maximum atomic E-state index is 12.1. The van der Waals surface area contributed by atoms with Crippen molar-refractivity contribution in [2.24, 2.45) is 0 Å². The molecule has 0 heterocycles. The predicted molar refractivity (Wildman–Crippen MR) is 85.5 cm³/mol. The largest absolute Gasteiger partial charge is 0.494 e. The van der Waals surface area contributed by atoms with Gasteiger partial charge in [-0.25, -0.2) is 0 Å².